The molecule has 1 saturated carbocycles. The Morgan fingerprint density at radius 2 is 2.00 bits per heavy atom. The van der Waals surface area contributed by atoms with Crippen molar-refractivity contribution >= 4 is 5.78 Å². The van der Waals surface area contributed by atoms with Crippen LogP contribution >= 0.6 is 0 Å². The van der Waals surface area contributed by atoms with E-state index in [0.717, 1.165) is 24.5 Å². The molecule has 0 aliphatic heterocycles. The SMILES string of the molecule is CCOCCCC(=O)c1ccc(C2CCC2)cc1. The molecule has 0 spiro atoms. The molecule has 2 heteroatoms. The molecule has 2 rings (SSSR count). The Morgan fingerprint density at radius 1 is 1.28 bits per heavy atom. The first-order valence-electron chi connectivity index (χ1n) is 7.02. The minimum Gasteiger partial charge on any atom is -0.382 e. The molecule has 1 aromatic carbocycles. The van der Waals surface area contributed by atoms with Gasteiger partial charge in [0.05, 0.1) is 0 Å². The largest absolute Gasteiger partial charge is 0.382 e. The van der Waals surface area contributed by atoms with Crippen LogP contribution < -0.4 is 0 Å². The molecule has 1 fully saturated rings. The van der Waals surface area contributed by atoms with Gasteiger partial charge in [0.15, 0.2) is 5.78 Å². The van der Waals surface area contributed by atoms with Crippen molar-refractivity contribution in [2.24, 2.45) is 0 Å². The van der Waals surface area contributed by atoms with E-state index in [1.54, 1.807) is 0 Å². The van der Waals surface area contributed by atoms with E-state index < -0.39 is 0 Å². The summed E-state index contributed by atoms with van der Waals surface area (Å²) < 4.78 is 5.24. The molecule has 1 aliphatic carbocycles. The third kappa shape index (κ3) is 3.42. The normalized spacial score (nSPS) is 15.4. The monoisotopic (exact) mass is 246 g/mol. The van der Waals surface area contributed by atoms with Gasteiger partial charge in [-0.2, -0.15) is 0 Å². The summed E-state index contributed by atoms with van der Waals surface area (Å²) in [5.74, 6) is 0.974. The maximum atomic E-state index is 11.9. The molecule has 1 aliphatic rings. The van der Waals surface area contributed by atoms with Gasteiger partial charge >= 0.3 is 0 Å². The van der Waals surface area contributed by atoms with Gasteiger partial charge in [0.2, 0.25) is 0 Å². The first-order valence-corrected chi connectivity index (χ1v) is 7.02. The van der Waals surface area contributed by atoms with Crippen LogP contribution in [0.15, 0.2) is 24.3 Å². The summed E-state index contributed by atoms with van der Waals surface area (Å²) in [6.45, 7) is 3.38. The molecule has 0 atom stereocenters. The molecule has 2 nitrogen and oxygen atoms in total. The van der Waals surface area contributed by atoms with Gasteiger partial charge in [-0.1, -0.05) is 30.7 Å². The van der Waals surface area contributed by atoms with Crippen molar-refractivity contribution in [1.29, 1.82) is 0 Å². The van der Waals surface area contributed by atoms with Crippen molar-refractivity contribution in [1.82, 2.24) is 0 Å². The van der Waals surface area contributed by atoms with Crippen LogP contribution in [0.3, 0.4) is 0 Å². The van der Waals surface area contributed by atoms with Gasteiger partial charge in [-0.15, -0.1) is 0 Å². The number of benzene rings is 1. The van der Waals surface area contributed by atoms with Crippen LogP contribution in [-0.4, -0.2) is 19.0 Å². The van der Waals surface area contributed by atoms with Crippen LogP contribution in [0.25, 0.3) is 0 Å². The topological polar surface area (TPSA) is 26.3 Å². The highest BCUT2D eigenvalue weighted by Gasteiger charge is 2.19. The van der Waals surface area contributed by atoms with Crippen LogP contribution in [0.2, 0.25) is 0 Å². The molecule has 0 aromatic heterocycles. The summed E-state index contributed by atoms with van der Waals surface area (Å²) >= 11 is 0. The van der Waals surface area contributed by atoms with E-state index in [-0.39, 0.29) is 5.78 Å². The van der Waals surface area contributed by atoms with Crippen LogP contribution in [0.1, 0.15) is 60.9 Å². The highest BCUT2D eigenvalue weighted by atomic mass is 16.5. The van der Waals surface area contributed by atoms with E-state index in [4.69, 9.17) is 4.74 Å². The summed E-state index contributed by atoms with van der Waals surface area (Å²) in [6.07, 6.45) is 5.37. The highest BCUT2D eigenvalue weighted by molar-refractivity contribution is 5.96. The number of rotatable bonds is 7. The van der Waals surface area contributed by atoms with E-state index in [1.807, 2.05) is 19.1 Å². The van der Waals surface area contributed by atoms with E-state index >= 15 is 0 Å². The predicted octanol–water partition coefficient (Wildman–Crippen LogP) is 3.95. The van der Waals surface area contributed by atoms with Crippen molar-refractivity contribution in [3.05, 3.63) is 35.4 Å². The third-order valence-corrected chi connectivity index (χ3v) is 3.71. The molecule has 0 unspecified atom stereocenters. The predicted molar refractivity (Wildman–Crippen MR) is 73.1 cm³/mol. The van der Waals surface area contributed by atoms with Gasteiger partial charge in [0.1, 0.15) is 0 Å². The first kappa shape index (κ1) is 13.3. The summed E-state index contributed by atoms with van der Waals surface area (Å²) in [4.78, 5) is 11.9. The van der Waals surface area contributed by atoms with Crippen molar-refractivity contribution in [2.45, 2.75) is 44.9 Å². The first-order chi connectivity index (χ1) is 8.81. The molecular formula is C16H22O2. The van der Waals surface area contributed by atoms with Crippen molar-refractivity contribution in [2.75, 3.05) is 13.2 Å². The fourth-order valence-electron chi connectivity index (χ4n) is 2.31. The van der Waals surface area contributed by atoms with Gasteiger partial charge in [0, 0.05) is 25.2 Å². The van der Waals surface area contributed by atoms with Crippen molar-refractivity contribution in [3.8, 4) is 0 Å². The molecule has 1 aromatic rings. The summed E-state index contributed by atoms with van der Waals surface area (Å²) in [5.41, 5.74) is 2.24. The number of Topliss-reactive ketones (excluding diaryl/α,β-unsaturated/α-hetero) is 1. The standard InChI is InChI=1S/C16H22O2/c1-2-18-12-4-7-16(17)15-10-8-14(9-11-15)13-5-3-6-13/h8-11,13H,2-7,12H2,1H3. The molecular weight excluding hydrogens is 224 g/mol. The lowest BCUT2D eigenvalue weighted by atomic mass is 9.80. The maximum Gasteiger partial charge on any atom is 0.162 e. The molecule has 0 radical (unpaired) electrons. The second-order valence-corrected chi connectivity index (χ2v) is 4.97. The van der Waals surface area contributed by atoms with E-state index in [0.29, 0.717) is 13.0 Å². The highest BCUT2D eigenvalue weighted by Crippen LogP contribution is 2.36. The van der Waals surface area contributed by atoms with E-state index in [9.17, 15) is 4.79 Å². The molecule has 0 amide bonds. The van der Waals surface area contributed by atoms with Crippen molar-refractivity contribution < 1.29 is 9.53 Å². The molecule has 98 valence electrons. The molecule has 0 heterocycles. The number of hydrogen-bond acceptors (Lipinski definition) is 2. The fraction of sp³-hybridized carbons (Fsp3) is 0.562. The minimum absolute atomic E-state index is 0.231. The molecule has 0 N–H and O–H groups in total. The van der Waals surface area contributed by atoms with Crippen LogP contribution in [0.5, 0.6) is 0 Å². The lowest BCUT2D eigenvalue weighted by Crippen LogP contribution is -2.09. The number of ether oxygens (including phenoxy) is 1. The lowest BCUT2D eigenvalue weighted by Gasteiger charge is -2.25. The number of carbonyl (C=O) groups is 1. The fourth-order valence-corrected chi connectivity index (χ4v) is 2.31. The number of hydrogen-bond donors (Lipinski definition) is 0. The van der Waals surface area contributed by atoms with Gasteiger partial charge < -0.3 is 4.74 Å². The van der Waals surface area contributed by atoms with E-state index in [1.165, 1.54) is 24.8 Å². The van der Waals surface area contributed by atoms with Crippen LogP contribution in [0, 0.1) is 0 Å². The van der Waals surface area contributed by atoms with Gasteiger partial charge in [-0.25, -0.2) is 0 Å². The molecule has 18 heavy (non-hydrogen) atoms. The second-order valence-electron chi connectivity index (χ2n) is 4.97. The zero-order valence-electron chi connectivity index (χ0n) is 11.2. The second kappa shape index (κ2) is 6.69. The van der Waals surface area contributed by atoms with E-state index in [2.05, 4.69) is 12.1 Å². The third-order valence-electron chi connectivity index (χ3n) is 3.71. The summed E-state index contributed by atoms with van der Waals surface area (Å²) in [7, 11) is 0. The zero-order valence-corrected chi connectivity index (χ0v) is 11.2. The zero-order chi connectivity index (χ0) is 12.8. The number of carbonyl (C=O) groups excluding carboxylic acids is 1. The van der Waals surface area contributed by atoms with Gasteiger partial charge in [-0.05, 0) is 37.7 Å². The Morgan fingerprint density at radius 3 is 2.56 bits per heavy atom. The Hall–Kier alpha value is -1.15. The Bertz CT molecular complexity index is 377. The Balaban J connectivity index is 1.82. The van der Waals surface area contributed by atoms with Crippen LogP contribution in [-0.2, 0) is 4.74 Å². The Kier molecular flexibility index (Phi) is 4.94. The molecule has 0 saturated heterocycles. The average molecular weight is 246 g/mol. The number of ketones is 1. The van der Waals surface area contributed by atoms with Gasteiger partial charge in [0.25, 0.3) is 0 Å². The molecule has 0 bridgehead atoms. The summed E-state index contributed by atoms with van der Waals surface area (Å²) in [6, 6.07) is 8.21. The van der Waals surface area contributed by atoms with Crippen LogP contribution in [0.4, 0.5) is 0 Å². The Labute approximate surface area is 109 Å². The summed E-state index contributed by atoms with van der Waals surface area (Å²) in [5, 5.41) is 0. The average Bonchev–Trinajstić information content (AvgIpc) is 2.33. The van der Waals surface area contributed by atoms with Gasteiger partial charge in [-0.3, -0.25) is 4.79 Å². The minimum atomic E-state index is 0.231. The maximum absolute atomic E-state index is 11.9. The quantitative estimate of drug-likeness (QED) is 0.538. The van der Waals surface area contributed by atoms with Crippen molar-refractivity contribution in [3.63, 3.8) is 0 Å². The lowest BCUT2D eigenvalue weighted by molar-refractivity contribution is 0.0947. The smallest absolute Gasteiger partial charge is 0.162 e.